The first-order valence-corrected chi connectivity index (χ1v) is 7.09. The van der Waals surface area contributed by atoms with Gasteiger partial charge >= 0.3 is 0 Å². The maximum Gasteiger partial charge on any atom is -0.0235 e. The van der Waals surface area contributed by atoms with Crippen molar-refractivity contribution in [1.82, 2.24) is 0 Å². The number of rotatable bonds is 3. The molecule has 0 nitrogen and oxygen atoms in total. The van der Waals surface area contributed by atoms with Gasteiger partial charge in [-0.05, 0) is 49.4 Å². The molecule has 2 rings (SSSR count). The molecule has 0 bridgehead atoms. The van der Waals surface area contributed by atoms with Gasteiger partial charge in [0.1, 0.15) is 0 Å². The second kappa shape index (κ2) is 4.89. The van der Waals surface area contributed by atoms with Crippen molar-refractivity contribution < 1.29 is 0 Å². The van der Waals surface area contributed by atoms with Crippen molar-refractivity contribution in [1.29, 1.82) is 0 Å². The fourth-order valence-electron chi connectivity index (χ4n) is 4.09. The molecule has 0 aromatic carbocycles. The smallest absolute Gasteiger partial charge is 0.0235 e. The van der Waals surface area contributed by atoms with Gasteiger partial charge in [-0.2, -0.15) is 0 Å². The summed E-state index contributed by atoms with van der Waals surface area (Å²) < 4.78 is 0. The summed E-state index contributed by atoms with van der Waals surface area (Å²) in [6.07, 6.45) is 16.2. The Morgan fingerprint density at radius 1 is 0.933 bits per heavy atom. The predicted octanol–water partition coefficient (Wildman–Crippen LogP) is 4.99. The third kappa shape index (κ3) is 2.57. The van der Waals surface area contributed by atoms with Gasteiger partial charge in [-0.15, -0.1) is 0 Å². The zero-order valence-electron chi connectivity index (χ0n) is 10.6. The van der Waals surface area contributed by atoms with Gasteiger partial charge in [0.25, 0.3) is 0 Å². The van der Waals surface area contributed by atoms with E-state index in [1.54, 1.807) is 0 Å². The van der Waals surface area contributed by atoms with E-state index in [0.29, 0.717) is 5.41 Å². The predicted molar refractivity (Wildman–Crippen MR) is 66.6 cm³/mol. The average Bonchev–Trinajstić information content (AvgIpc) is 2.68. The first-order valence-electron chi connectivity index (χ1n) is 7.09. The molecule has 0 atom stereocenters. The van der Waals surface area contributed by atoms with Crippen molar-refractivity contribution in [3.8, 4) is 0 Å². The van der Waals surface area contributed by atoms with Crippen LogP contribution < -0.4 is 0 Å². The van der Waals surface area contributed by atoms with E-state index < -0.39 is 0 Å². The van der Waals surface area contributed by atoms with E-state index in [1.165, 1.54) is 57.8 Å². The molecule has 15 heavy (non-hydrogen) atoms. The Morgan fingerprint density at radius 3 is 2.07 bits per heavy atom. The Kier molecular flexibility index (Phi) is 3.74. The van der Waals surface area contributed by atoms with Crippen LogP contribution in [0.15, 0.2) is 0 Å². The lowest BCUT2D eigenvalue weighted by Gasteiger charge is -2.41. The summed E-state index contributed by atoms with van der Waals surface area (Å²) in [5, 5.41) is 0. The minimum absolute atomic E-state index is 0.661. The van der Waals surface area contributed by atoms with Gasteiger partial charge in [-0.1, -0.05) is 46.0 Å². The van der Waals surface area contributed by atoms with Crippen LogP contribution >= 0.6 is 0 Å². The molecule has 0 heterocycles. The molecule has 87 valence electrons. The molecule has 1 radical (unpaired) electrons. The fourth-order valence-corrected chi connectivity index (χ4v) is 4.09. The molecule has 0 unspecified atom stereocenters. The van der Waals surface area contributed by atoms with E-state index in [0.717, 1.165) is 11.8 Å². The van der Waals surface area contributed by atoms with E-state index in [-0.39, 0.29) is 0 Å². The lowest BCUT2D eigenvalue weighted by Crippen LogP contribution is -2.31. The van der Waals surface area contributed by atoms with Crippen LogP contribution in [0.4, 0.5) is 0 Å². The van der Waals surface area contributed by atoms with Gasteiger partial charge < -0.3 is 0 Å². The molecular weight excluding hydrogens is 180 g/mol. The summed E-state index contributed by atoms with van der Waals surface area (Å²) in [7, 11) is 0. The molecule has 0 heteroatoms. The summed E-state index contributed by atoms with van der Waals surface area (Å²) in [6.45, 7) is 4.73. The Bertz CT molecular complexity index is 180. The Labute approximate surface area is 95.8 Å². The maximum atomic E-state index is 2.72. The molecule has 0 spiro atoms. The summed E-state index contributed by atoms with van der Waals surface area (Å²) in [5.41, 5.74) is 0.661. The molecular formula is C15H27. The summed E-state index contributed by atoms with van der Waals surface area (Å²) in [4.78, 5) is 0. The van der Waals surface area contributed by atoms with Crippen LogP contribution in [0, 0.1) is 23.7 Å². The normalized spacial score (nSPS) is 27.4. The standard InChI is InChI=1S/C15H27/c1-13(2)12-15(10-6-7-11-15)14-8-4-3-5-9-14/h12-14H,3-11H2,1-2H3. The zero-order chi connectivity index (χ0) is 10.7. The van der Waals surface area contributed by atoms with Gasteiger partial charge in [-0.25, -0.2) is 0 Å². The summed E-state index contributed by atoms with van der Waals surface area (Å²) in [5.74, 6) is 1.82. The summed E-state index contributed by atoms with van der Waals surface area (Å²) in [6, 6.07) is 0. The molecule has 2 fully saturated rings. The zero-order valence-corrected chi connectivity index (χ0v) is 10.6. The Morgan fingerprint density at radius 2 is 1.53 bits per heavy atom. The van der Waals surface area contributed by atoms with Gasteiger partial charge in [0, 0.05) is 0 Å². The number of hydrogen-bond donors (Lipinski definition) is 0. The quantitative estimate of drug-likeness (QED) is 0.612. The Balaban J connectivity index is 2.03. The third-order valence-corrected chi connectivity index (χ3v) is 4.62. The van der Waals surface area contributed by atoms with Crippen molar-refractivity contribution in [2.45, 2.75) is 71.6 Å². The topological polar surface area (TPSA) is 0 Å². The minimum Gasteiger partial charge on any atom is -0.0625 e. The molecule has 2 aliphatic rings. The number of hydrogen-bond acceptors (Lipinski definition) is 0. The molecule has 0 amide bonds. The maximum absolute atomic E-state index is 2.72. The van der Waals surface area contributed by atoms with E-state index in [9.17, 15) is 0 Å². The van der Waals surface area contributed by atoms with Crippen molar-refractivity contribution in [3.05, 3.63) is 6.42 Å². The van der Waals surface area contributed by atoms with Gasteiger partial charge in [0.05, 0.1) is 0 Å². The van der Waals surface area contributed by atoms with Gasteiger partial charge in [0.2, 0.25) is 0 Å². The highest BCUT2D eigenvalue weighted by molar-refractivity contribution is 5.01. The molecule has 2 aliphatic carbocycles. The second-order valence-electron chi connectivity index (χ2n) is 6.19. The largest absolute Gasteiger partial charge is 0.0625 e. The van der Waals surface area contributed by atoms with Crippen molar-refractivity contribution in [2.75, 3.05) is 0 Å². The molecule has 0 aromatic rings. The monoisotopic (exact) mass is 207 g/mol. The molecule has 0 aliphatic heterocycles. The van der Waals surface area contributed by atoms with Crippen molar-refractivity contribution in [2.24, 2.45) is 17.3 Å². The van der Waals surface area contributed by atoms with E-state index in [4.69, 9.17) is 0 Å². The van der Waals surface area contributed by atoms with E-state index in [1.807, 2.05) is 0 Å². The summed E-state index contributed by atoms with van der Waals surface area (Å²) >= 11 is 0. The minimum atomic E-state index is 0.661. The van der Waals surface area contributed by atoms with E-state index in [2.05, 4.69) is 20.3 Å². The first kappa shape index (κ1) is 11.5. The molecule has 0 saturated heterocycles. The highest BCUT2D eigenvalue weighted by Gasteiger charge is 2.41. The highest BCUT2D eigenvalue weighted by Crippen LogP contribution is 2.52. The second-order valence-corrected chi connectivity index (χ2v) is 6.19. The van der Waals surface area contributed by atoms with Gasteiger partial charge in [-0.3, -0.25) is 0 Å². The lowest BCUT2D eigenvalue weighted by atomic mass is 9.64. The lowest BCUT2D eigenvalue weighted by molar-refractivity contribution is 0.146. The van der Waals surface area contributed by atoms with Crippen LogP contribution in [0.25, 0.3) is 0 Å². The van der Waals surface area contributed by atoms with Crippen LogP contribution in [-0.2, 0) is 0 Å². The molecule has 0 aromatic heterocycles. The van der Waals surface area contributed by atoms with E-state index >= 15 is 0 Å². The van der Waals surface area contributed by atoms with Crippen molar-refractivity contribution in [3.63, 3.8) is 0 Å². The van der Waals surface area contributed by atoms with Gasteiger partial charge in [0.15, 0.2) is 0 Å². The third-order valence-electron chi connectivity index (χ3n) is 4.62. The fraction of sp³-hybridized carbons (Fsp3) is 0.933. The molecule has 2 saturated carbocycles. The van der Waals surface area contributed by atoms with Crippen LogP contribution in [0.5, 0.6) is 0 Å². The average molecular weight is 207 g/mol. The van der Waals surface area contributed by atoms with Crippen LogP contribution in [0.1, 0.15) is 71.6 Å². The highest BCUT2D eigenvalue weighted by atomic mass is 14.5. The SMILES string of the molecule is CC(C)[CH]C1(C2CCCCC2)CCCC1. The first-order chi connectivity index (χ1) is 7.23. The van der Waals surface area contributed by atoms with Crippen LogP contribution in [0.3, 0.4) is 0 Å². The Hall–Kier alpha value is 0. The van der Waals surface area contributed by atoms with Crippen LogP contribution in [0.2, 0.25) is 0 Å². The van der Waals surface area contributed by atoms with Crippen LogP contribution in [-0.4, -0.2) is 0 Å². The molecule has 0 N–H and O–H groups in total. The van der Waals surface area contributed by atoms with Crippen molar-refractivity contribution >= 4 is 0 Å².